The Balaban J connectivity index is 1.30. The molecule has 52 heavy (non-hydrogen) atoms. The molecule has 0 unspecified atom stereocenters. The molecule has 0 atom stereocenters. The lowest BCUT2D eigenvalue weighted by molar-refractivity contribution is 1.02. The first-order chi connectivity index (χ1) is 25.8. The number of hydrogen-bond donors (Lipinski definition) is 0. The van der Waals surface area contributed by atoms with Crippen molar-refractivity contribution in [3.8, 4) is 17.2 Å². The summed E-state index contributed by atoms with van der Waals surface area (Å²) < 4.78 is 3.53. The van der Waals surface area contributed by atoms with Crippen LogP contribution in [0.3, 0.4) is 0 Å². The monoisotopic (exact) mass is 677 g/mol. The molecule has 0 bridgehead atoms. The number of benzene rings is 9. The minimum atomic E-state index is 0.682. The van der Waals surface area contributed by atoms with Crippen LogP contribution in [0.15, 0.2) is 164 Å². The number of hydrogen-bond acceptors (Lipinski definition) is 3. The van der Waals surface area contributed by atoms with Crippen LogP contribution in [0.2, 0.25) is 0 Å². The molecule has 0 radical (unpaired) electrons. The molecule has 0 N–H and O–H groups in total. The first kappa shape index (κ1) is 28.1. The van der Waals surface area contributed by atoms with Gasteiger partial charge in [-0.15, -0.1) is 11.3 Å². The van der Waals surface area contributed by atoms with Gasteiger partial charge in [0, 0.05) is 37.2 Å². The summed E-state index contributed by atoms with van der Waals surface area (Å²) in [6.45, 7) is 0. The average Bonchev–Trinajstić information content (AvgIpc) is 3.74. The molecular weight excluding hydrogens is 651 g/mol. The van der Waals surface area contributed by atoms with Gasteiger partial charge in [-0.25, -0.2) is 9.97 Å². The van der Waals surface area contributed by atoms with Crippen LogP contribution in [0.4, 0.5) is 0 Å². The smallest absolute Gasteiger partial charge is 0.236 e. The molecule has 12 aromatic rings. The number of aromatic nitrogens is 3. The van der Waals surface area contributed by atoms with Gasteiger partial charge < -0.3 is 0 Å². The highest BCUT2D eigenvalue weighted by molar-refractivity contribution is 7.25. The van der Waals surface area contributed by atoms with Gasteiger partial charge in [0.25, 0.3) is 0 Å². The Labute approximate surface area is 301 Å². The molecule has 3 heterocycles. The van der Waals surface area contributed by atoms with Gasteiger partial charge in [-0.3, -0.25) is 4.57 Å². The maximum Gasteiger partial charge on any atom is 0.236 e. The van der Waals surface area contributed by atoms with Gasteiger partial charge >= 0.3 is 0 Å². The highest BCUT2D eigenvalue weighted by atomic mass is 32.1. The molecule has 3 aromatic heterocycles. The number of rotatable bonds is 2. The third-order valence-electron chi connectivity index (χ3n) is 11.0. The molecule has 0 spiro atoms. The zero-order valence-electron chi connectivity index (χ0n) is 27.8. The fraction of sp³-hybridized carbons (Fsp3) is 0. The van der Waals surface area contributed by atoms with E-state index in [2.05, 4.69) is 168 Å². The van der Waals surface area contributed by atoms with Crippen molar-refractivity contribution in [3.05, 3.63) is 164 Å². The van der Waals surface area contributed by atoms with Crippen LogP contribution in [0.5, 0.6) is 0 Å². The van der Waals surface area contributed by atoms with Crippen molar-refractivity contribution >= 4 is 107 Å². The van der Waals surface area contributed by atoms with Gasteiger partial charge in [0.2, 0.25) is 5.95 Å². The molecule has 0 aliphatic heterocycles. The van der Waals surface area contributed by atoms with E-state index in [1.165, 1.54) is 74.7 Å². The summed E-state index contributed by atoms with van der Waals surface area (Å²) in [7, 11) is 0. The van der Waals surface area contributed by atoms with Crippen LogP contribution in [-0.2, 0) is 0 Å². The third-order valence-corrected chi connectivity index (χ3v) is 12.0. The van der Waals surface area contributed by atoms with Crippen molar-refractivity contribution in [2.24, 2.45) is 0 Å². The Hall–Kier alpha value is -6.62. The second-order valence-electron chi connectivity index (χ2n) is 13.7. The number of thiophene rings is 1. The fourth-order valence-electron chi connectivity index (χ4n) is 8.74. The summed E-state index contributed by atoms with van der Waals surface area (Å²) in [4.78, 5) is 12.1. The van der Waals surface area contributed by atoms with E-state index in [0.717, 1.165) is 32.5 Å². The number of nitrogens with zero attached hydrogens (tertiary/aromatic N) is 3. The lowest BCUT2D eigenvalue weighted by Crippen LogP contribution is -2.03. The molecule has 0 aliphatic rings. The minimum absolute atomic E-state index is 0.682. The van der Waals surface area contributed by atoms with E-state index in [9.17, 15) is 0 Å². The van der Waals surface area contributed by atoms with Crippen molar-refractivity contribution in [2.45, 2.75) is 0 Å². The maximum atomic E-state index is 5.62. The van der Waals surface area contributed by atoms with Gasteiger partial charge in [-0.2, -0.15) is 0 Å². The second-order valence-corrected chi connectivity index (χ2v) is 14.7. The molecule has 4 heteroatoms. The minimum Gasteiger partial charge on any atom is -0.278 e. The van der Waals surface area contributed by atoms with Crippen LogP contribution in [-0.4, -0.2) is 14.5 Å². The molecule has 0 amide bonds. The normalized spacial score (nSPS) is 12.2. The zero-order chi connectivity index (χ0) is 33.9. The van der Waals surface area contributed by atoms with Gasteiger partial charge in [0.15, 0.2) is 0 Å². The fourth-order valence-corrected chi connectivity index (χ4v) is 9.81. The lowest BCUT2D eigenvalue weighted by Gasteiger charge is -2.13. The summed E-state index contributed by atoms with van der Waals surface area (Å²) in [5.41, 5.74) is 4.28. The third kappa shape index (κ3) is 3.79. The van der Waals surface area contributed by atoms with Crippen LogP contribution >= 0.6 is 11.3 Å². The van der Waals surface area contributed by atoms with E-state index in [1.54, 1.807) is 11.3 Å². The van der Waals surface area contributed by atoms with Crippen molar-refractivity contribution < 1.29 is 0 Å². The van der Waals surface area contributed by atoms with Crippen molar-refractivity contribution in [3.63, 3.8) is 0 Å². The highest BCUT2D eigenvalue weighted by Gasteiger charge is 2.23. The molecule has 0 aliphatic carbocycles. The number of fused-ring (bicyclic) bond motifs is 15. The molecule has 0 fully saturated rings. The van der Waals surface area contributed by atoms with Crippen LogP contribution in [0.25, 0.3) is 113 Å². The summed E-state index contributed by atoms with van der Waals surface area (Å²) in [6, 6.07) is 59.4. The maximum absolute atomic E-state index is 5.62. The zero-order valence-corrected chi connectivity index (χ0v) is 28.7. The molecule has 0 saturated carbocycles. The van der Waals surface area contributed by atoms with E-state index in [0.29, 0.717) is 5.95 Å². The standard InChI is InChI=1S/C48H27N3S/c1-2-14-30-27-41-39(26-29(30)13-1)44-40(25-24-36-34-19-6-5-17-32(34)33-18-7-8-20-35(33)43(36)44)51(41)48-49-46(37-22-11-15-28-12-3-4-16-31(28)37)45-38-21-9-10-23-42(38)52-47(45)50-48/h1-27H. The van der Waals surface area contributed by atoms with Crippen LogP contribution in [0.1, 0.15) is 0 Å². The molecule has 12 rings (SSSR count). The Morgan fingerprint density at radius 3 is 1.77 bits per heavy atom. The Kier molecular flexibility index (Phi) is 5.65. The Bertz CT molecular complexity index is 3440. The molecule has 0 saturated heterocycles. The Morgan fingerprint density at radius 1 is 0.385 bits per heavy atom. The van der Waals surface area contributed by atoms with E-state index in [1.807, 2.05) is 0 Å². The van der Waals surface area contributed by atoms with Crippen molar-refractivity contribution in [2.75, 3.05) is 0 Å². The first-order valence-electron chi connectivity index (χ1n) is 17.7. The van der Waals surface area contributed by atoms with Gasteiger partial charge in [-0.1, -0.05) is 140 Å². The van der Waals surface area contributed by atoms with E-state index in [4.69, 9.17) is 9.97 Å². The SMILES string of the molecule is c1ccc2cc3c(cc2c1)c1c2c4ccccc4c4ccccc4c2ccc1n3-c1nc(-c2cccc3ccccc23)c2c(n1)sc1ccccc12. The largest absolute Gasteiger partial charge is 0.278 e. The van der Waals surface area contributed by atoms with Gasteiger partial charge in [-0.05, 0) is 72.7 Å². The summed E-state index contributed by atoms with van der Waals surface area (Å²) >= 11 is 1.74. The molecule has 9 aromatic carbocycles. The second kappa shape index (κ2) is 10.5. The van der Waals surface area contributed by atoms with E-state index < -0.39 is 0 Å². The van der Waals surface area contributed by atoms with E-state index >= 15 is 0 Å². The molecule has 240 valence electrons. The molecule has 3 nitrogen and oxygen atoms in total. The first-order valence-corrected chi connectivity index (χ1v) is 18.5. The predicted octanol–water partition coefficient (Wildman–Crippen LogP) is 13.4. The topological polar surface area (TPSA) is 30.7 Å². The van der Waals surface area contributed by atoms with Crippen LogP contribution < -0.4 is 0 Å². The predicted molar refractivity (Wildman–Crippen MR) is 222 cm³/mol. The summed E-state index contributed by atoms with van der Waals surface area (Å²) in [5.74, 6) is 0.682. The summed E-state index contributed by atoms with van der Waals surface area (Å²) in [6.07, 6.45) is 0. The van der Waals surface area contributed by atoms with Crippen molar-refractivity contribution in [1.82, 2.24) is 14.5 Å². The lowest BCUT2D eigenvalue weighted by atomic mass is 9.91. The van der Waals surface area contributed by atoms with E-state index in [-0.39, 0.29) is 0 Å². The quantitative estimate of drug-likeness (QED) is 0.171. The van der Waals surface area contributed by atoms with Gasteiger partial charge in [0.05, 0.1) is 16.7 Å². The Morgan fingerprint density at radius 2 is 0.981 bits per heavy atom. The van der Waals surface area contributed by atoms with Crippen molar-refractivity contribution in [1.29, 1.82) is 0 Å². The molecular formula is C48H27N3S. The highest BCUT2D eigenvalue weighted by Crippen LogP contribution is 2.45. The summed E-state index contributed by atoms with van der Waals surface area (Å²) in [5, 5.41) is 17.1. The average molecular weight is 678 g/mol. The van der Waals surface area contributed by atoms with Crippen LogP contribution in [0, 0.1) is 0 Å². The van der Waals surface area contributed by atoms with Gasteiger partial charge in [0.1, 0.15) is 4.83 Å².